The molecule has 0 aliphatic carbocycles. The van der Waals surface area contributed by atoms with Crippen LogP contribution in [0.25, 0.3) is 22.2 Å². The van der Waals surface area contributed by atoms with Crippen LogP contribution in [0.15, 0.2) is 40.5 Å². The number of nitrogens with zero attached hydrogens (tertiary/aromatic N) is 5. The normalized spacial score (nSPS) is 12.7. The molecule has 4 heterocycles. The molecule has 0 unspecified atom stereocenters. The lowest BCUT2D eigenvalue weighted by molar-refractivity contribution is 0.174. The van der Waals surface area contributed by atoms with E-state index in [2.05, 4.69) is 20.1 Å². The van der Waals surface area contributed by atoms with Crippen molar-refractivity contribution in [3.05, 3.63) is 47.6 Å². The summed E-state index contributed by atoms with van der Waals surface area (Å²) in [5, 5.41) is 6.89. The van der Waals surface area contributed by atoms with E-state index in [-0.39, 0.29) is 6.79 Å². The van der Waals surface area contributed by atoms with Crippen molar-refractivity contribution >= 4 is 11.3 Å². The summed E-state index contributed by atoms with van der Waals surface area (Å²) in [6.45, 7) is 0.261. The van der Waals surface area contributed by atoms with Crippen LogP contribution in [-0.2, 0) is 13.5 Å². The van der Waals surface area contributed by atoms with Gasteiger partial charge in [0.25, 0.3) is 0 Å². The molecule has 26 heavy (non-hydrogen) atoms. The second-order valence-corrected chi connectivity index (χ2v) is 6.62. The zero-order valence-corrected chi connectivity index (χ0v) is 14.6. The summed E-state index contributed by atoms with van der Waals surface area (Å²) in [7, 11) is 1.89. The number of hydrogen-bond acceptors (Lipinski definition) is 8. The maximum atomic E-state index is 5.42. The lowest BCUT2D eigenvalue weighted by Crippen LogP contribution is -1.94. The minimum absolute atomic E-state index is 0.261. The average Bonchev–Trinajstić information content (AvgIpc) is 3.41. The highest BCUT2D eigenvalue weighted by molar-refractivity contribution is 7.13. The molecule has 1 aromatic carbocycles. The number of hydrogen-bond donors (Lipinski definition) is 0. The molecule has 9 heteroatoms. The van der Waals surface area contributed by atoms with Crippen LogP contribution in [0.3, 0.4) is 0 Å². The van der Waals surface area contributed by atoms with Crippen LogP contribution in [-0.4, -0.2) is 31.5 Å². The van der Waals surface area contributed by atoms with Crippen LogP contribution in [0.4, 0.5) is 0 Å². The monoisotopic (exact) mass is 367 g/mol. The molecule has 3 aromatic heterocycles. The Morgan fingerprint density at radius 2 is 2.12 bits per heavy atom. The molecule has 130 valence electrons. The Morgan fingerprint density at radius 1 is 1.19 bits per heavy atom. The van der Waals surface area contributed by atoms with Crippen molar-refractivity contribution in [2.75, 3.05) is 6.79 Å². The summed E-state index contributed by atoms with van der Waals surface area (Å²) in [6.07, 6.45) is 4.01. The Morgan fingerprint density at radius 3 is 3.00 bits per heavy atom. The van der Waals surface area contributed by atoms with Gasteiger partial charge in [-0.05, 0) is 18.2 Å². The first kappa shape index (κ1) is 15.1. The smallest absolute Gasteiger partial charge is 0.238 e. The van der Waals surface area contributed by atoms with E-state index in [1.165, 1.54) is 0 Å². The van der Waals surface area contributed by atoms with E-state index in [1.54, 1.807) is 17.5 Å². The van der Waals surface area contributed by atoms with Gasteiger partial charge in [0.1, 0.15) is 5.01 Å². The molecular weight excluding hydrogens is 354 g/mol. The molecule has 1 aliphatic heterocycles. The van der Waals surface area contributed by atoms with E-state index in [0.29, 0.717) is 24.0 Å². The fourth-order valence-corrected chi connectivity index (χ4v) is 3.52. The largest absolute Gasteiger partial charge is 0.454 e. The van der Waals surface area contributed by atoms with Gasteiger partial charge in [-0.2, -0.15) is 4.98 Å². The van der Waals surface area contributed by atoms with Gasteiger partial charge in [0, 0.05) is 30.4 Å². The van der Waals surface area contributed by atoms with E-state index in [1.807, 2.05) is 41.4 Å². The molecule has 4 aromatic rings. The minimum Gasteiger partial charge on any atom is -0.454 e. The number of aromatic nitrogens is 5. The molecule has 0 spiro atoms. The third-order valence-electron chi connectivity index (χ3n) is 3.99. The van der Waals surface area contributed by atoms with Gasteiger partial charge in [-0.25, -0.2) is 9.97 Å². The molecule has 0 fully saturated rings. The zero-order chi connectivity index (χ0) is 17.5. The number of imidazole rings is 1. The molecule has 0 atom stereocenters. The standard InChI is InChI=1S/C17H13N5O3S/c1-22-5-4-18-16(22)15-20-14(25-21-15)7-11-8-26-17(19-11)10-2-3-12-13(6-10)24-9-23-12/h2-6,8H,7,9H2,1H3. The highest BCUT2D eigenvalue weighted by Gasteiger charge is 2.17. The van der Waals surface area contributed by atoms with Crippen LogP contribution in [0.5, 0.6) is 11.5 Å². The summed E-state index contributed by atoms with van der Waals surface area (Å²) in [6, 6.07) is 5.81. The Bertz CT molecular complexity index is 1080. The van der Waals surface area contributed by atoms with Crippen LogP contribution in [0.1, 0.15) is 11.6 Å². The Balaban J connectivity index is 1.36. The maximum Gasteiger partial charge on any atom is 0.238 e. The quantitative estimate of drug-likeness (QED) is 0.548. The number of benzene rings is 1. The first-order valence-corrected chi connectivity index (χ1v) is 8.79. The topological polar surface area (TPSA) is 88.1 Å². The molecule has 0 saturated heterocycles. The SMILES string of the molecule is Cn1ccnc1-c1noc(Cc2csc(-c3ccc4c(c3)OCO4)n2)n1. The van der Waals surface area contributed by atoms with Crippen LogP contribution in [0.2, 0.25) is 0 Å². The van der Waals surface area contributed by atoms with Crippen LogP contribution in [0, 0.1) is 0 Å². The highest BCUT2D eigenvalue weighted by Crippen LogP contribution is 2.36. The zero-order valence-electron chi connectivity index (χ0n) is 13.7. The second kappa shape index (κ2) is 5.95. The summed E-state index contributed by atoms with van der Waals surface area (Å²) in [5.41, 5.74) is 1.86. The van der Waals surface area contributed by atoms with Crippen molar-refractivity contribution in [1.82, 2.24) is 24.7 Å². The summed E-state index contributed by atoms with van der Waals surface area (Å²) < 4.78 is 17.9. The third kappa shape index (κ3) is 2.62. The minimum atomic E-state index is 0.261. The van der Waals surface area contributed by atoms with E-state index in [4.69, 9.17) is 14.0 Å². The lowest BCUT2D eigenvalue weighted by atomic mass is 10.2. The van der Waals surface area contributed by atoms with Gasteiger partial charge in [0.15, 0.2) is 17.3 Å². The molecule has 1 aliphatic rings. The average molecular weight is 367 g/mol. The number of fused-ring (bicyclic) bond motifs is 1. The number of rotatable bonds is 4. The van der Waals surface area contributed by atoms with E-state index in [0.717, 1.165) is 27.8 Å². The van der Waals surface area contributed by atoms with Crippen molar-refractivity contribution in [3.8, 4) is 33.7 Å². The maximum absolute atomic E-state index is 5.42. The van der Waals surface area contributed by atoms with Crippen LogP contribution >= 0.6 is 11.3 Å². The van der Waals surface area contributed by atoms with Gasteiger partial charge < -0.3 is 18.6 Å². The summed E-state index contributed by atoms with van der Waals surface area (Å²) >= 11 is 1.56. The summed E-state index contributed by atoms with van der Waals surface area (Å²) in [5.74, 6) is 3.15. The van der Waals surface area contributed by atoms with Crippen molar-refractivity contribution in [2.45, 2.75) is 6.42 Å². The molecule has 0 saturated carbocycles. The van der Waals surface area contributed by atoms with E-state index >= 15 is 0 Å². The second-order valence-electron chi connectivity index (χ2n) is 5.76. The van der Waals surface area contributed by atoms with Crippen molar-refractivity contribution in [1.29, 1.82) is 0 Å². The van der Waals surface area contributed by atoms with Crippen molar-refractivity contribution in [3.63, 3.8) is 0 Å². The predicted molar refractivity (Wildman–Crippen MR) is 93.0 cm³/mol. The molecule has 8 nitrogen and oxygen atoms in total. The fraction of sp³-hybridized carbons (Fsp3) is 0.176. The predicted octanol–water partition coefficient (Wildman–Crippen LogP) is 2.91. The summed E-state index contributed by atoms with van der Waals surface area (Å²) in [4.78, 5) is 13.3. The number of thiazole rings is 1. The number of aryl methyl sites for hydroxylation is 1. The molecular formula is C17H13N5O3S. The van der Waals surface area contributed by atoms with Gasteiger partial charge in [0.05, 0.1) is 12.1 Å². The highest BCUT2D eigenvalue weighted by atomic mass is 32.1. The molecule has 0 N–H and O–H groups in total. The van der Waals surface area contributed by atoms with Gasteiger partial charge in [0.2, 0.25) is 18.5 Å². The van der Waals surface area contributed by atoms with Gasteiger partial charge in [-0.15, -0.1) is 11.3 Å². The van der Waals surface area contributed by atoms with E-state index < -0.39 is 0 Å². The molecule has 0 bridgehead atoms. The van der Waals surface area contributed by atoms with E-state index in [9.17, 15) is 0 Å². The van der Waals surface area contributed by atoms with Crippen molar-refractivity contribution in [2.24, 2.45) is 7.05 Å². The Kier molecular flexibility index (Phi) is 3.45. The molecule has 5 rings (SSSR count). The molecule has 0 amide bonds. The van der Waals surface area contributed by atoms with Gasteiger partial charge in [-0.3, -0.25) is 0 Å². The van der Waals surface area contributed by atoms with Crippen LogP contribution < -0.4 is 9.47 Å². The lowest BCUT2D eigenvalue weighted by Gasteiger charge is -1.99. The van der Waals surface area contributed by atoms with Gasteiger partial charge >= 0.3 is 0 Å². The number of ether oxygens (including phenoxy) is 2. The molecule has 0 radical (unpaired) electrons. The Labute approximate surface area is 152 Å². The first-order valence-electron chi connectivity index (χ1n) is 7.91. The Hall–Kier alpha value is -3.20. The first-order chi connectivity index (χ1) is 12.8. The van der Waals surface area contributed by atoms with Crippen molar-refractivity contribution < 1.29 is 14.0 Å². The van der Waals surface area contributed by atoms with Gasteiger partial charge in [-0.1, -0.05) is 5.16 Å². The third-order valence-corrected chi connectivity index (χ3v) is 4.93. The fourth-order valence-electron chi connectivity index (χ4n) is 2.70.